The third-order valence-electron chi connectivity index (χ3n) is 5.79. The lowest BCUT2D eigenvalue weighted by Crippen LogP contribution is -2.35. The lowest BCUT2D eigenvalue weighted by atomic mass is 9.88. The zero-order valence-corrected chi connectivity index (χ0v) is 22.9. The summed E-state index contributed by atoms with van der Waals surface area (Å²) in [5, 5.41) is 7.22. The first-order valence-electron chi connectivity index (χ1n) is 11.5. The number of carbonyl (C=O) groups excluding carboxylic acids is 1. The SMILES string of the molecule is Cc1c(C(=O)Nc2ccc(F)cn2)nn(-c2ccc(Cl)cc2Cl)c1C1(OS(=O)(=O)CCC(F)(F)F)C=CC=CC1. The third-order valence-corrected chi connectivity index (χ3v) is 7.58. The number of anilines is 1. The average Bonchev–Trinajstić information content (AvgIpc) is 3.22. The van der Waals surface area contributed by atoms with Crippen LogP contribution < -0.4 is 5.32 Å². The summed E-state index contributed by atoms with van der Waals surface area (Å²) in [4.78, 5) is 17.0. The predicted molar refractivity (Wildman–Crippen MR) is 141 cm³/mol. The van der Waals surface area contributed by atoms with Gasteiger partial charge in [-0.25, -0.2) is 14.1 Å². The maximum absolute atomic E-state index is 13.3. The van der Waals surface area contributed by atoms with Crippen LogP contribution in [0.4, 0.5) is 23.4 Å². The molecule has 0 bridgehead atoms. The lowest BCUT2D eigenvalue weighted by molar-refractivity contribution is -0.130. The van der Waals surface area contributed by atoms with Gasteiger partial charge < -0.3 is 5.32 Å². The van der Waals surface area contributed by atoms with Crippen molar-refractivity contribution in [1.29, 1.82) is 0 Å². The summed E-state index contributed by atoms with van der Waals surface area (Å²) < 4.78 is 84.2. The van der Waals surface area contributed by atoms with Crippen LogP contribution in [0, 0.1) is 12.7 Å². The number of carbonyl (C=O) groups is 1. The second kappa shape index (κ2) is 11.3. The van der Waals surface area contributed by atoms with Gasteiger partial charge in [0.05, 0.1) is 34.8 Å². The smallest absolute Gasteiger partial charge is 0.305 e. The van der Waals surface area contributed by atoms with Crippen LogP contribution in [0.3, 0.4) is 0 Å². The van der Waals surface area contributed by atoms with E-state index in [9.17, 15) is 30.8 Å². The van der Waals surface area contributed by atoms with Crippen molar-refractivity contribution in [2.75, 3.05) is 11.1 Å². The minimum Gasteiger partial charge on any atom is -0.305 e. The molecule has 0 saturated heterocycles. The molecule has 2 heterocycles. The minimum absolute atomic E-state index is 0.00705. The summed E-state index contributed by atoms with van der Waals surface area (Å²) >= 11 is 12.5. The molecule has 1 aromatic carbocycles. The van der Waals surface area contributed by atoms with Gasteiger partial charge in [0.15, 0.2) is 11.3 Å². The van der Waals surface area contributed by atoms with Crippen LogP contribution in [0.15, 0.2) is 60.8 Å². The highest BCUT2D eigenvalue weighted by Gasteiger charge is 2.43. The number of halogens is 6. The van der Waals surface area contributed by atoms with Crippen LogP contribution >= 0.6 is 23.2 Å². The van der Waals surface area contributed by atoms with E-state index >= 15 is 0 Å². The van der Waals surface area contributed by atoms with Crippen molar-refractivity contribution in [1.82, 2.24) is 14.8 Å². The van der Waals surface area contributed by atoms with Crippen molar-refractivity contribution in [2.45, 2.75) is 31.5 Å². The second-order valence-corrected chi connectivity index (χ2v) is 11.3. The fraction of sp³-hybridized carbons (Fsp3) is 0.240. The zero-order chi connectivity index (χ0) is 29.3. The molecule has 4 rings (SSSR count). The standard InChI is InChI=1S/C25H20Cl2F4N4O4S/c1-15-21(23(36)33-20-8-6-17(28)14-32-20)34-35(19-7-5-16(26)13-18(19)27)22(15)24(9-3-2-4-10-24)39-40(37,38)12-11-25(29,30)31/h2-9,13-14H,10-12H2,1H3,(H,32,33,36). The van der Waals surface area contributed by atoms with E-state index in [1.165, 1.54) is 48.0 Å². The number of alkyl halides is 3. The average molecular weight is 619 g/mol. The maximum atomic E-state index is 13.3. The first-order chi connectivity index (χ1) is 18.7. The van der Waals surface area contributed by atoms with E-state index in [2.05, 4.69) is 15.4 Å². The molecule has 1 aliphatic carbocycles. The molecule has 1 N–H and O–H groups in total. The number of aromatic nitrogens is 3. The summed E-state index contributed by atoms with van der Waals surface area (Å²) in [6.45, 7) is 1.47. The molecule has 212 valence electrons. The molecule has 1 atom stereocenters. The monoisotopic (exact) mass is 618 g/mol. The number of hydrogen-bond acceptors (Lipinski definition) is 6. The Kier molecular flexibility index (Phi) is 8.41. The van der Waals surface area contributed by atoms with Crippen LogP contribution in [-0.4, -0.2) is 41.0 Å². The van der Waals surface area contributed by atoms with Crippen molar-refractivity contribution in [3.05, 3.63) is 93.6 Å². The van der Waals surface area contributed by atoms with Gasteiger partial charge in [0, 0.05) is 17.0 Å². The maximum Gasteiger partial charge on any atom is 0.390 e. The van der Waals surface area contributed by atoms with E-state index in [0.717, 1.165) is 12.3 Å². The normalized spacial score (nSPS) is 17.3. The molecule has 1 aliphatic rings. The molecule has 1 amide bonds. The molecule has 3 aromatic rings. The highest BCUT2D eigenvalue weighted by Crippen LogP contribution is 2.41. The third kappa shape index (κ3) is 6.72. The Labute approximate surface area is 236 Å². The molecule has 0 saturated carbocycles. The van der Waals surface area contributed by atoms with E-state index in [1.54, 1.807) is 12.2 Å². The summed E-state index contributed by atoms with van der Waals surface area (Å²) in [7, 11) is -4.76. The highest BCUT2D eigenvalue weighted by molar-refractivity contribution is 7.86. The Bertz CT molecular complexity index is 1610. The summed E-state index contributed by atoms with van der Waals surface area (Å²) in [6, 6.07) is 6.66. The van der Waals surface area contributed by atoms with Gasteiger partial charge in [-0.15, -0.1) is 0 Å². The topological polar surface area (TPSA) is 103 Å². The Balaban J connectivity index is 1.87. The van der Waals surface area contributed by atoms with E-state index in [-0.39, 0.29) is 44.9 Å². The molecule has 0 radical (unpaired) electrons. The molecule has 15 heteroatoms. The Morgan fingerprint density at radius 1 is 1.20 bits per heavy atom. The quantitative estimate of drug-likeness (QED) is 0.235. The molecule has 0 spiro atoms. The molecule has 40 heavy (non-hydrogen) atoms. The van der Waals surface area contributed by atoms with Crippen LogP contribution in [-0.2, 0) is 19.9 Å². The number of rotatable bonds is 8. The van der Waals surface area contributed by atoms with Gasteiger partial charge in [0.25, 0.3) is 16.0 Å². The lowest BCUT2D eigenvalue weighted by Gasteiger charge is -2.32. The molecule has 1 unspecified atom stereocenters. The van der Waals surface area contributed by atoms with Crippen LogP contribution in [0.1, 0.15) is 34.6 Å². The summed E-state index contributed by atoms with van der Waals surface area (Å²) in [6.07, 6.45) is 0.382. The van der Waals surface area contributed by atoms with E-state index in [0.29, 0.717) is 0 Å². The molecule has 2 aromatic heterocycles. The minimum atomic E-state index is -4.76. The van der Waals surface area contributed by atoms with Gasteiger partial charge in [-0.1, -0.05) is 41.4 Å². The number of nitrogens with one attached hydrogen (secondary N) is 1. The predicted octanol–water partition coefficient (Wildman–Crippen LogP) is 6.28. The fourth-order valence-electron chi connectivity index (χ4n) is 4.05. The summed E-state index contributed by atoms with van der Waals surface area (Å²) in [5.74, 6) is -2.73. The number of benzene rings is 1. The fourth-order valence-corrected chi connectivity index (χ4v) is 5.76. The van der Waals surface area contributed by atoms with Crippen molar-refractivity contribution in [3.8, 4) is 5.69 Å². The number of allylic oxidation sites excluding steroid dienone is 2. The van der Waals surface area contributed by atoms with Crippen LogP contribution in [0.2, 0.25) is 10.0 Å². The van der Waals surface area contributed by atoms with Gasteiger partial charge in [0.1, 0.15) is 11.6 Å². The van der Waals surface area contributed by atoms with Crippen LogP contribution in [0.5, 0.6) is 0 Å². The van der Waals surface area contributed by atoms with Crippen molar-refractivity contribution >= 4 is 45.0 Å². The Morgan fingerprint density at radius 2 is 1.95 bits per heavy atom. The molecule has 0 fully saturated rings. The highest BCUT2D eigenvalue weighted by atomic mass is 35.5. The first-order valence-corrected chi connectivity index (χ1v) is 13.9. The largest absolute Gasteiger partial charge is 0.390 e. The number of nitrogens with zero attached hydrogens (tertiary/aromatic N) is 3. The molecule has 8 nitrogen and oxygen atoms in total. The van der Waals surface area contributed by atoms with Crippen molar-refractivity contribution in [2.24, 2.45) is 0 Å². The van der Waals surface area contributed by atoms with Gasteiger partial charge in [-0.2, -0.15) is 26.7 Å². The van der Waals surface area contributed by atoms with Crippen molar-refractivity contribution in [3.63, 3.8) is 0 Å². The van der Waals surface area contributed by atoms with Crippen molar-refractivity contribution < 1.29 is 35.0 Å². The van der Waals surface area contributed by atoms with E-state index in [4.69, 9.17) is 27.4 Å². The van der Waals surface area contributed by atoms with Gasteiger partial charge in [0.2, 0.25) is 0 Å². The molecular formula is C25H20Cl2F4N4O4S. The first kappa shape index (κ1) is 29.7. The van der Waals surface area contributed by atoms with Crippen LogP contribution in [0.25, 0.3) is 5.69 Å². The summed E-state index contributed by atoms with van der Waals surface area (Å²) in [5.41, 5.74) is -1.76. The number of hydrogen-bond donors (Lipinski definition) is 1. The molecule has 0 aliphatic heterocycles. The number of amides is 1. The van der Waals surface area contributed by atoms with E-state index in [1.807, 2.05) is 0 Å². The van der Waals surface area contributed by atoms with Gasteiger partial charge in [-0.05, 0) is 43.3 Å². The van der Waals surface area contributed by atoms with E-state index < -0.39 is 45.8 Å². The Hall–Kier alpha value is -3.26. The molecular weight excluding hydrogens is 599 g/mol. The number of pyridine rings is 1. The second-order valence-electron chi connectivity index (χ2n) is 8.74. The van der Waals surface area contributed by atoms with Gasteiger partial charge in [-0.3, -0.25) is 8.98 Å². The van der Waals surface area contributed by atoms with Gasteiger partial charge >= 0.3 is 6.18 Å². The Morgan fingerprint density at radius 3 is 2.55 bits per heavy atom. The zero-order valence-electron chi connectivity index (χ0n) is 20.5.